The number of ketones is 1. The van der Waals surface area contributed by atoms with Crippen molar-refractivity contribution in [2.45, 2.75) is 122 Å². The first kappa shape index (κ1) is 32.8. The zero-order chi connectivity index (χ0) is 24.3. The molecule has 0 aliphatic carbocycles. The Kier molecular flexibility index (Phi) is 20.4. The van der Waals surface area contributed by atoms with E-state index in [1.807, 2.05) is 0 Å². The van der Waals surface area contributed by atoms with Gasteiger partial charge in [-0.3, -0.25) is 0 Å². The van der Waals surface area contributed by atoms with Crippen LogP contribution in [0.4, 0.5) is 0 Å². The van der Waals surface area contributed by atoms with Crippen molar-refractivity contribution < 1.29 is 54.2 Å². The van der Waals surface area contributed by atoms with Gasteiger partial charge in [0.05, 0.1) is 11.5 Å². The summed E-state index contributed by atoms with van der Waals surface area (Å²) in [6.45, 7) is 1.67. The van der Waals surface area contributed by atoms with Gasteiger partial charge in [0, 0.05) is 12.0 Å². The van der Waals surface area contributed by atoms with Crippen molar-refractivity contribution in [3.8, 4) is 0 Å². The Morgan fingerprint density at radius 2 is 1.12 bits per heavy atom. The molecule has 0 bridgehead atoms. The summed E-state index contributed by atoms with van der Waals surface area (Å²) in [6, 6.07) is 4.61. The van der Waals surface area contributed by atoms with Crippen LogP contribution in [0.15, 0.2) is 18.2 Å². The molecule has 1 aromatic rings. The summed E-state index contributed by atoms with van der Waals surface area (Å²) in [5, 5.41) is 20.5. The molecule has 0 amide bonds. The number of carbonyl (C=O) groups excluding carboxylic acids is 2. The summed E-state index contributed by atoms with van der Waals surface area (Å²) < 4.78 is 0. The van der Waals surface area contributed by atoms with E-state index in [-0.39, 0.29) is 40.7 Å². The monoisotopic (exact) mass is 482 g/mol. The Bertz CT molecular complexity index is 717. The summed E-state index contributed by atoms with van der Waals surface area (Å²) in [4.78, 5) is 33.5. The van der Waals surface area contributed by atoms with E-state index >= 15 is 0 Å². The summed E-state index contributed by atoms with van der Waals surface area (Å²) in [5.41, 5.74) is 0.200. The molecule has 0 atom stereocenters. The molecule has 6 heteroatoms. The predicted octanol–water partition coefficient (Wildman–Crippen LogP) is 3.52. The molecule has 186 valence electrons. The van der Waals surface area contributed by atoms with Crippen molar-refractivity contribution >= 4 is 17.7 Å². The van der Waals surface area contributed by atoms with Gasteiger partial charge in [0.2, 0.25) is 0 Å². The predicted molar refractivity (Wildman–Crippen MR) is 131 cm³/mol. The fraction of sp³-hybridized carbons (Fsp3) is 0.679. The van der Waals surface area contributed by atoms with E-state index in [0.717, 1.165) is 32.1 Å². The first-order valence-corrected chi connectivity index (χ1v) is 13.0. The van der Waals surface area contributed by atoms with Crippen molar-refractivity contribution in [3.63, 3.8) is 0 Å². The number of benzene rings is 1. The number of hydrogen-bond acceptors (Lipinski definition) is 4. The van der Waals surface area contributed by atoms with Gasteiger partial charge < -0.3 is 19.8 Å². The molecular weight excluding hydrogens is 439 g/mol. The average molecular weight is 483 g/mol. The van der Waals surface area contributed by atoms with Crippen LogP contribution in [0.5, 0.6) is 0 Å². The molecule has 0 fully saturated rings. The van der Waals surface area contributed by atoms with Gasteiger partial charge in [-0.05, 0) is 37.8 Å². The van der Waals surface area contributed by atoms with Crippen molar-refractivity contribution in [3.05, 3.63) is 34.9 Å². The Morgan fingerprint density at radius 3 is 1.50 bits per heavy atom. The van der Waals surface area contributed by atoms with E-state index in [4.69, 9.17) is 0 Å². The van der Waals surface area contributed by atoms with E-state index in [0.29, 0.717) is 17.8 Å². The number of carboxylic acid groups (broad SMARTS) is 2. The molecule has 0 saturated heterocycles. The minimum absolute atomic E-state index is 0. The SMILES string of the molecule is CC(=O)CCCCCCCCCCCCCCCCCCc1cccc(C(=O)O)c1C(=O)[O-].[Na+]. The summed E-state index contributed by atoms with van der Waals surface area (Å²) >= 11 is 0. The zero-order valence-corrected chi connectivity index (χ0v) is 23.5. The van der Waals surface area contributed by atoms with Gasteiger partial charge in [-0.2, -0.15) is 0 Å². The molecule has 0 aliphatic heterocycles. The number of rotatable bonds is 21. The molecule has 0 spiro atoms. The first-order chi connectivity index (χ1) is 15.9. The fourth-order valence-electron chi connectivity index (χ4n) is 4.39. The number of aryl methyl sites for hydroxylation is 1. The van der Waals surface area contributed by atoms with Gasteiger partial charge >= 0.3 is 35.5 Å². The summed E-state index contributed by atoms with van der Waals surface area (Å²) in [6.07, 6.45) is 20.8. The summed E-state index contributed by atoms with van der Waals surface area (Å²) in [5.74, 6) is -2.33. The Hall–Kier alpha value is -1.17. The van der Waals surface area contributed by atoms with E-state index in [2.05, 4.69) is 0 Å². The normalized spacial score (nSPS) is 10.6. The van der Waals surface area contributed by atoms with Crippen molar-refractivity contribution in [2.75, 3.05) is 0 Å². The maximum absolute atomic E-state index is 11.4. The molecule has 0 unspecified atom stereocenters. The minimum atomic E-state index is -1.41. The number of hydrogen-bond donors (Lipinski definition) is 1. The van der Waals surface area contributed by atoms with Crippen LogP contribution in [0.25, 0.3) is 0 Å². The van der Waals surface area contributed by atoms with Crippen LogP contribution in [0.3, 0.4) is 0 Å². The number of aromatic carboxylic acids is 2. The number of unbranched alkanes of at least 4 members (excludes halogenated alkanes) is 15. The van der Waals surface area contributed by atoms with E-state index in [1.165, 1.54) is 83.1 Å². The molecule has 0 aromatic heterocycles. The average Bonchev–Trinajstić information content (AvgIpc) is 2.77. The molecular formula is C28H43NaO5. The quantitative estimate of drug-likeness (QED) is 0.214. The van der Waals surface area contributed by atoms with Crippen LogP contribution in [0, 0.1) is 0 Å². The van der Waals surface area contributed by atoms with Gasteiger partial charge in [0.25, 0.3) is 0 Å². The van der Waals surface area contributed by atoms with Crippen molar-refractivity contribution in [2.24, 2.45) is 0 Å². The topological polar surface area (TPSA) is 94.5 Å². The second kappa shape index (κ2) is 21.1. The molecule has 34 heavy (non-hydrogen) atoms. The number of carbonyl (C=O) groups is 3. The van der Waals surface area contributed by atoms with E-state index in [1.54, 1.807) is 19.1 Å². The van der Waals surface area contributed by atoms with Crippen LogP contribution < -0.4 is 34.7 Å². The molecule has 5 nitrogen and oxygen atoms in total. The third-order valence-electron chi connectivity index (χ3n) is 6.31. The smallest absolute Gasteiger partial charge is 0.545 e. The van der Waals surface area contributed by atoms with Crippen LogP contribution in [-0.4, -0.2) is 22.8 Å². The molecule has 0 radical (unpaired) electrons. The Morgan fingerprint density at radius 1 is 0.706 bits per heavy atom. The number of carboxylic acids is 2. The van der Waals surface area contributed by atoms with Crippen LogP contribution in [-0.2, 0) is 11.2 Å². The van der Waals surface area contributed by atoms with Gasteiger partial charge in [0.15, 0.2) is 0 Å². The fourth-order valence-corrected chi connectivity index (χ4v) is 4.39. The third kappa shape index (κ3) is 15.7. The molecule has 1 aromatic carbocycles. The third-order valence-corrected chi connectivity index (χ3v) is 6.31. The molecule has 0 saturated carbocycles. The van der Waals surface area contributed by atoms with Crippen LogP contribution in [0.1, 0.15) is 142 Å². The van der Waals surface area contributed by atoms with Gasteiger partial charge in [-0.15, -0.1) is 0 Å². The Balaban J connectivity index is 0.0000109. The van der Waals surface area contributed by atoms with E-state index < -0.39 is 11.9 Å². The van der Waals surface area contributed by atoms with Gasteiger partial charge in [0.1, 0.15) is 5.78 Å². The summed E-state index contributed by atoms with van der Waals surface area (Å²) in [7, 11) is 0. The zero-order valence-electron chi connectivity index (χ0n) is 21.5. The van der Waals surface area contributed by atoms with E-state index in [9.17, 15) is 24.6 Å². The standard InChI is InChI=1S/C28H44O5.Na/c1-23(29)19-16-14-12-10-8-6-4-2-3-5-7-9-11-13-15-17-20-24-21-18-22-25(27(30)31)26(24)28(32)33;/h18,21-22H,2-17,19-20H2,1H3,(H,30,31)(H,32,33);/q;+1/p-1. The minimum Gasteiger partial charge on any atom is -0.545 e. The molecule has 1 N–H and O–H groups in total. The second-order valence-corrected chi connectivity index (χ2v) is 9.29. The first-order valence-electron chi connectivity index (χ1n) is 13.0. The Labute approximate surface area is 228 Å². The van der Waals surface area contributed by atoms with Crippen LogP contribution >= 0.6 is 0 Å². The molecule has 1 rings (SSSR count). The van der Waals surface area contributed by atoms with Gasteiger partial charge in [-0.25, -0.2) is 4.79 Å². The second-order valence-electron chi connectivity index (χ2n) is 9.29. The van der Waals surface area contributed by atoms with Gasteiger partial charge in [-0.1, -0.05) is 102 Å². The number of Topliss-reactive ketones (excluding diaryl/α,β-unsaturated/α-hetero) is 1. The largest absolute Gasteiger partial charge is 1.00 e. The maximum Gasteiger partial charge on any atom is 1.00 e. The molecule has 0 heterocycles. The molecule has 0 aliphatic rings. The van der Waals surface area contributed by atoms with Crippen molar-refractivity contribution in [1.29, 1.82) is 0 Å². The van der Waals surface area contributed by atoms with Crippen molar-refractivity contribution in [1.82, 2.24) is 0 Å². The maximum atomic E-state index is 11.4. The van der Waals surface area contributed by atoms with Crippen LogP contribution in [0.2, 0.25) is 0 Å².